The number of aryl methyl sites for hydroxylation is 1. The van der Waals surface area contributed by atoms with Gasteiger partial charge in [-0.2, -0.15) is 0 Å². The summed E-state index contributed by atoms with van der Waals surface area (Å²) in [6.45, 7) is 2.02. The van der Waals surface area contributed by atoms with E-state index in [1.54, 1.807) is 6.07 Å². The van der Waals surface area contributed by atoms with Gasteiger partial charge in [0.2, 0.25) is 5.91 Å². The summed E-state index contributed by atoms with van der Waals surface area (Å²) in [5, 5.41) is 3.25. The van der Waals surface area contributed by atoms with E-state index < -0.39 is 0 Å². The second-order valence-corrected chi connectivity index (χ2v) is 6.86. The Kier molecular flexibility index (Phi) is 4.40. The number of halogens is 1. The average molecular weight is 332 g/mol. The SMILES string of the molecule is Cc1ccc(SCC(=O)Nc2nc3ccc(F)cc3s2)cc1. The van der Waals surface area contributed by atoms with Crippen LogP contribution >= 0.6 is 23.1 Å². The first-order valence-corrected chi connectivity index (χ1v) is 8.46. The van der Waals surface area contributed by atoms with Gasteiger partial charge in [0.05, 0.1) is 16.0 Å². The number of fused-ring (bicyclic) bond motifs is 1. The molecule has 0 saturated carbocycles. The maximum atomic E-state index is 13.1. The Hall–Kier alpha value is -1.92. The maximum absolute atomic E-state index is 13.1. The number of hydrogen-bond acceptors (Lipinski definition) is 4. The molecule has 0 radical (unpaired) electrons. The molecule has 1 amide bonds. The first-order chi connectivity index (χ1) is 10.6. The van der Waals surface area contributed by atoms with E-state index in [1.807, 2.05) is 31.2 Å². The number of anilines is 1. The molecule has 0 spiro atoms. The molecule has 1 aromatic heterocycles. The van der Waals surface area contributed by atoms with Crippen LogP contribution in [-0.2, 0) is 4.79 Å². The zero-order chi connectivity index (χ0) is 15.5. The third-order valence-corrected chi connectivity index (χ3v) is 4.93. The fourth-order valence-corrected chi connectivity index (χ4v) is 3.50. The van der Waals surface area contributed by atoms with Crippen molar-refractivity contribution >= 4 is 44.4 Å². The number of rotatable bonds is 4. The predicted molar refractivity (Wildman–Crippen MR) is 90.1 cm³/mol. The van der Waals surface area contributed by atoms with Gasteiger partial charge in [-0.25, -0.2) is 9.37 Å². The minimum atomic E-state index is -0.302. The highest BCUT2D eigenvalue weighted by Crippen LogP contribution is 2.27. The number of thiazole rings is 1. The monoisotopic (exact) mass is 332 g/mol. The average Bonchev–Trinajstić information content (AvgIpc) is 2.88. The molecule has 3 nitrogen and oxygen atoms in total. The summed E-state index contributed by atoms with van der Waals surface area (Å²) in [6, 6.07) is 12.4. The first kappa shape index (κ1) is 15.0. The smallest absolute Gasteiger partial charge is 0.236 e. The molecule has 0 atom stereocenters. The van der Waals surface area contributed by atoms with Crippen molar-refractivity contribution in [1.82, 2.24) is 4.98 Å². The molecule has 3 rings (SSSR count). The van der Waals surface area contributed by atoms with E-state index in [2.05, 4.69) is 10.3 Å². The van der Waals surface area contributed by atoms with Crippen LogP contribution in [0.2, 0.25) is 0 Å². The van der Waals surface area contributed by atoms with Gasteiger partial charge in [0.25, 0.3) is 0 Å². The molecule has 112 valence electrons. The van der Waals surface area contributed by atoms with E-state index in [4.69, 9.17) is 0 Å². The van der Waals surface area contributed by atoms with Gasteiger partial charge in [-0.1, -0.05) is 29.0 Å². The van der Waals surface area contributed by atoms with E-state index in [9.17, 15) is 9.18 Å². The van der Waals surface area contributed by atoms with Crippen molar-refractivity contribution in [3.8, 4) is 0 Å². The lowest BCUT2D eigenvalue weighted by Crippen LogP contribution is -2.13. The summed E-state index contributed by atoms with van der Waals surface area (Å²) in [7, 11) is 0. The van der Waals surface area contributed by atoms with Gasteiger partial charge in [-0.3, -0.25) is 4.79 Å². The second kappa shape index (κ2) is 6.46. The van der Waals surface area contributed by atoms with Crippen molar-refractivity contribution < 1.29 is 9.18 Å². The molecule has 0 aliphatic carbocycles. The number of amides is 1. The van der Waals surface area contributed by atoms with Gasteiger partial charge in [0.15, 0.2) is 5.13 Å². The number of aromatic nitrogens is 1. The van der Waals surface area contributed by atoms with Crippen molar-refractivity contribution in [3.63, 3.8) is 0 Å². The third kappa shape index (κ3) is 3.64. The molecular formula is C16H13FN2OS2. The fraction of sp³-hybridized carbons (Fsp3) is 0.125. The van der Waals surface area contributed by atoms with Crippen LogP contribution < -0.4 is 5.32 Å². The lowest BCUT2D eigenvalue weighted by Gasteiger charge is -2.02. The minimum Gasteiger partial charge on any atom is -0.301 e. The number of hydrogen-bond donors (Lipinski definition) is 1. The number of benzene rings is 2. The van der Waals surface area contributed by atoms with E-state index in [-0.39, 0.29) is 11.7 Å². The summed E-state index contributed by atoms with van der Waals surface area (Å²) in [5.41, 5.74) is 1.88. The summed E-state index contributed by atoms with van der Waals surface area (Å²) < 4.78 is 13.9. The van der Waals surface area contributed by atoms with Gasteiger partial charge in [-0.05, 0) is 37.3 Å². The number of nitrogens with one attached hydrogen (secondary N) is 1. The van der Waals surface area contributed by atoms with Crippen LogP contribution in [0.4, 0.5) is 9.52 Å². The molecule has 22 heavy (non-hydrogen) atoms. The van der Waals surface area contributed by atoms with E-state index in [0.717, 1.165) is 9.60 Å². The summed E-state index contributed by atoms with van der Waals surface area (Å²) in [4.78, 5) is 17.3. The Morgan fingerprint density at radius 2 is 2.05 bits per heavy atom. The van der Waals surface area contributed by atoms with Gasteiger partial charge >= 0.3 is 0 Å². The topological polar surface area (TPSA) is 42.0 Å². The van der Waals surface area contributed by atoms with Crippen LogP contribution in [0.5, 0.6) is 0 Å². The van der Waals surface area contributed by atoms with E-state index >= 15 is 0 Å². The molecule has 0 saturated heterocycles. The van der Waals surface area contributed by atoms with Crippen molar-refractivity contribution in [2.24, 2.45) is 0 Å². The molecular weight excluding hydrogens is 319 g/mol. The highest BCUT2D eigenvalue weighted by Gasteiger charge is 2.09. The van der Waals surface area contributed by atoms with Crippen LogP contribution in [0.25, 0.3) is 10.2 Å². The van der Waals surface area contributed by atoms with Crippen molar-refractivity contribution in [1.29, 1.82) is 0 Å². The Balaban J connectivity index is 1.61. The predicted octanol–water partition coefficient (Wildman–Crippen LogP) is 4.47. The summed E-state index contributed by atoms with van der Waals surface area (Å²) in [5.74, 6) is -0.109. The summed E-state index contributed by atoms with van der Waals surface area (Å²) >= 11 is 2.74. The minimum absolute atomic E-state index is 0.120. The van der Waals surface area contributed by atoms with Crippen LogP contribution in [0, 0.1) is 12.7 Å². The number of carbonyl (C=O) groups excluding carboxylic acids is 1. The van der Waals surface area contributed by atoms with Gasteiger partial charge < -0.3 is 5.32 Å². The molecule has 3 aromatic rings. The Morgan fingerprint density at radius 1 is 1.27 bits per heavy atom. The largest absolute Gasteiger partial charge is 0.301 e. The molecule has 2 aromatic carbocycles. The van der Waals surface area contributed by atoms with Crippen molar-refractivity contribution in [2.45, 2.75) is 11.8 Å². The highest BCUT2D eigenvalue weighted by molar-refractivity contribution is 8.00. The lowest BCUT2D eigenvalue weighted by molar-refractivity contribution is -0.113. The number of carbonyl (C=O) groups is 1. The van der Waals surface area contributed by atoms with E-state index in [0.29, 0.717) is 16.4 Å². The van der Waals surface area contributed by atoms with Crippen LogP contribution in [0.15, 0.2) is 47.4 Å². The summed E-state index contributed by atoms with van der Waals surface area (Å²) in [6.07, 6.45) is 0. The molecule has 0 fully saturated rings. The van der Waals surface area contributed by atoms with E-state index in [1.165, 1.54) is 40.8 Å². The first-order valence-electron chi connectivity index (χ1n) is 6.65. The van der Waals surface area contributed by atoms with Crippen LogP contribution in [0.1, 0.15) is 5.56 Å². The third-order valence-electron chi connectivity index (χ3n) is 2.99. The number of nitrogens with zero attached hydrogens (tertiary/aromatic N) is 1. The van der Waals surface area contributed by atoms with Crippen molar-refractivity contribution in [2.75, 3.05) is 11.1 Å². The van der Waals surface area contributed by atoms with Crippen molar-refractivity contribution in [3.05, 3.63) is 53.8 Å². The molecule has 1 heterocycles. The number of thioether (sulfide) groups is 1. The van der Waals surface area contributed by atoms with Crippen LogP contribution in [0.3, 0.4) is 0 Å². The fourth-order valence-electron chi connectivity index (χ4n) is 1.89. The zero-order valence-corrected chi connectivity index (χ0v) is 13.4. The second-order valence-electron chi connectivity index (χ2n) is 4.78. The molecule has 0 bridgehead atoms. The van der Waals surface area contributed by atoms with Gasteiger partial charge in [0, 0.05) is 4.90 Å². The molecule has 6 heteroatoms. The Morgan fingerprint density at radius 3 is 2.82 bits per heavy atom. The Bertz CT molecular complexity index is 815. The normalized spacial score (nSPS) is 10.8. The molecule has 0 unspecified atom stereocenters. The molecule has 0 aliphatic heterocycles. The van der Waals surface area contributed by atoms with Gasteiger partial charge in [0.1, 0.15) is 5.82 Å². The highest BCUT2D eigenvalue weighted by atomic mass is 32.2. The van der Waals surface area contributed by atoms with Gasteiger partial charge in [-0.15, -0.1) is 11.8 Å². The standard InChI is InChI=1S/C16H13FN2OS2/c1-10-2-5-12(6-3-10)21-9-15(20)19-16-18-13-7-4-11(17)8-14(13)22-16/h2-8H,9H2,1H3,(H,18,19,20). The molecule has 0 aliphatic rings. The maximum Gasteiger partial charge on any atom is 0.236 e. The van der Waals surface area contributed by atoms with Crippen LogP contribution in [-0.4, -0.2) is 16.6 Å². The zero-order valence-electron chi connectivity index (χ0n) is 11.8. The lowest BCUT2D eigenvalue weighted by atomic mass is 10.2. The Labute approximate surface area is 135 Å². The quantitative estimate of drug-likeness (QED) is 0.717. The molecule has 1 N–H and O–H groups in total.